The van der Waals surface area contributed by atoms with Gasteiger partial charge in [0.15, 0.2) is 17.2 Å². The lowest BCUT2D eigenvalue weighted by Crippen LogP contribution is -2.44. The molecule has 0 fully saturated rings. The lowest BCUT2D eigenvalue weighted by molar-refractivity contribution is -0.122. The highest BCUT2D eigenvalue weighted by Gasteiger charge is 2.37. The maximum Gasteiger partial charge on any atom is 0.273 e. The highest BCUT2D eigenvalue weighted by atomic mass is 32.1. The van der Waals surface area contributed by atoms with E-state index in [9.17, 15) is 14.4 Å². The molecule has 0 bridgehead atoms. The van der Waals surface area contributed by atoms with E-state index in [-0.39, 0.29) is 16.3 Å². The Labute approximate surface area is 232 Å². The van der Waals surface area contributed by atoms with Crippen LogP contribution in [0.15, 0.2) is 36.4 Å². The van der Waals surface area contributed by atoms with Crippen molar-refractivity contribution in [1.29, 1.82) is 0 Å². The maximum absolute atomic E-state index is 14.2. The van der Waals surface area contributed by atoms with E-state index in [0.29, 0.717) is 35.2 Å². The minimum absolute atomic E-state index is 0.00392. The molecule has 3 amide bonds. The lowest BCUT2D eigenvalue weighted by atomic mass is 9.99. The van der Waals surface area contributed by atoms with Gasteiger partial charge in [-0.1, -0.05) is 37.6 Å². The molecule has 1 heterocycles. The molecule has 5 N–H and O–H groups in total. The molecule has 1 atom stereocenters. The van der Waals surface area contributed by atoms with Crippen molar-refractivity contribution in [3.05, 3.63) is 63.7 Å². The molecular weight excluding hydrogens is 518 g/mol. The second-order valence-corrected chi connectivity index (χ2v) is 10.4. The average Bonchev–Trinajstić information content (AvgIpc) is 3.28. The SMILES string of the molecule is COc1ccc([C@H](C(=O)NCCC(C)C)N(C(=O)c2snc(C(N)=O)c2N)c2ccc(C)cc2C)cc1OC. The molecule has 0 aliphatic carbocycles. The lowest BCUT2D eigenvalue weighted by Gasteiger charge is -2.33. The van der Waals surface area contributed by atoms with E-state index in [2.05, 4.69) is 23.5 Å². The molecule has 0 unspecified atom stereocenters. The molecule has 10 nitrogen and oxygen atoms in total. The van der Waals surface area contributed by atoms with Crippen molar-refractivity contribution in [2.75, 3.05) is 31.4 Å². The largest absolute Gasteiger partial charge is 0.493 e. The van der Waals surface area contributed by atoms with Crippen LogP contribution in [-0.2, 0) is 4.79 Å². The fourth-order valence-electron chi connectivity index (χ4n) is 4.20. The number of hydrogen-bond acceptors (Lipinski definition) is 8. The Morgan fingerprint density at radius 3 is 2.31 bits per heavy atom. The third-order valence-corrected chi connectivity index (χ3v) is 7.09. The molecule has 3 aromatic rings. The molecule has 0 aliphatic heterocycles. The second-order valence-electron chi connectivity index (χ2n) is 9.59. The van der Waals surface area contributed by atoms with Crippen molar-refractivity contribution < 1.29 is 23.9 Å². The van der Waals surface area contributed by atoms with Crippen LogP contribution in [0.25, 0.3) is 0 Å². The quantitative estimate of drug-likeness (QED) is 0.325. The van der Waals surface area contributed by atoms with E-state index >= 15 is 0 Å². The van der Waals surface area contributed by atoms with Gasteiger partial charge >= 0.3 is 0 Å². The number of rotatable bonds is 11. The molecule has 0 saturated carbocycles. The fraction of sp³-hybridized carbons (Fsp3) is 0.357. The first kappa shape index (κ1) is 29.4. The standard InChI is InChI=1S/C28H35N5O5S/c1-15(2)11-12-31-27(35)24(18-8-10-20(37-5)21(14-18)38-6)33(19-9-7-16(3)13-17(19)4)28(36)25-22(29)23(26(30)34)32-39-25/h7-10,13-15,24H,11-12,29H2,1-6H3,(H2,30,34)(H,31,35)/t24-/m1/s1. The van der Waals surface area contributed by atoms with E-state index < -0.39 is 23.8 Å². The number of hydrogen-bond donors (Lipinski definition) is 3. The van der Waals surface area contributed by atoms with Crippen LogP contribution in [0.4, 0.5) is 11.4 Å². The minimum atomic E-state index is -1.12. The molecule has 0 spiro atoms. The summed E-state index contributed by atoms with van der Waals surface area (Å²) in [6, 6.07) is 9.50. The summed E-state index contributed by atoms with van der Waals surface area (Å²) < 4.78 is 14.9. The summed E-state index contributed by atoms with van der Waals surface area (Å²) in [5.41, 5.74) is 14.0. The van der Waals surface area contributed by atoms with Gasteiger partial charge in [0.05, 0.1) is 19.9 Å². The zero-order valence-electron chi connectivity index (χ0n) is 23.0. The topological polar surface area (TPSA) is 150 Å². The smallest absolute Gasteiger partial charge is 0.273 e. The molecule has 1 aromatic heterocycles. The molecular formula is C28H35N5O5S. The van der Waals surface area contributed by atoms with Crippen LogP contribution in [0.3, 0.4) is 0 Å². The predicted octanol–water partition coefficient (Wildman–Crippen LogP) is 4.01. The van der Waals surface area contributed by atoms with Crippen molar-refractivity contribution in [3.8, 4) is 11.5 Å². The number of primary amides is 1. The first-order chi connectivity index (χ1) is 18.5. The molecule has 3 rings (SSSR count). The number of nitrogens with one attached hydrogen (secondary N) is 1. The number of nitrogen functional groups attached to an aromatic ring is 1. The van der Waals surface area contributed by atoms with Crippen molar-refractivity contribution in [2.45, 2.75) is 40.2 Å². The number of aromatic nitrogens is 1. The van der Waals surface area contributed by atoms with Gasteiger partial charge in [-0.05, 0) is 67.0 Å². The van der Waals surface area contributed by atoms with E-state index in [4.69, 9.17) is 20.9 Å². The van der Waals surface area contributed by atoms with Gasteiger partial charge in [-0.15, -0.1) is 0 Å². The first-order valence-electron chi connectivity index (χ1n) is 12.5. The number of carbonyl (C=O) groups is 3. The molecule has 11 heteroatoms. The number of amides is 3. The summed E-state index contributed by atoms with van der Waals surface area (Å²) in [5.74, 6) is -0.591. The molecule has 0 aliphatic rings. The van der Waals surface area contributed by atoms with Gasteiger partial charge in [-0.3, -0.25) is 19.3 Å². The van der Waals surface area contributed by atoms with Gasteiger partial charge in [-0.2, -0.15) is 4.37 Å². The Kier molecular flexibility index (Phi) is 9.52. The Bertz CT molecular complexity index is 1370. The fourth-order valence-corrected chi connectivity index (χ4v) is 4.94. The average molecular weight is 554 g/mol. The Morgan fingerprint density at radius 1 is 1.05 bits per heavy atom. The summed E-state index contributed by atoms with van der Waals surface area (Å²) in [7, 11) is 3.01. The van der Waals surface area contributed by atoms with Crippen LogP contribution in [0.1, 0.15) is 63.2 Å². The Morgan fingerprint density at radius 2 is 1.74 bits per heavy atom. The van der Waals surface area contributed by atoms with Gasteiger partial charge < -0.3 is 26.3 Å². The van der Waals surface area contributed by atoms with Gasteiger partial charge in [0, 0.05) is 12.2 Å². The van der Waals surface area contributed by atoms with Crippen molar-refractivity contribution in [1.82, 2.24) is 9.69 Å². The molecule has 39 heavy (non-hydrogen) atoms. The minimum Gasteiger partial charge on any atom is -0.493 e. The normalized spacial score (nSPS) is 11.7. The van der Waals surface area contributed by atoms with Gasteiger partial charge in [-0.25, -0.2) is 0 Å². The van der Waals surface area contributed by atoms with Gasteiger partial charge in [0.2, 0.25) is 5.91 Å². The van der Waals surface area contributed by atoms with Gasteiger partial charge in [0.25, 0.3) is 11.8 Å². The van der Waals surface area contributed by atoms with Crippen LogP contribution in [0, 0.1) is 19.8 Å². The summed E-state index contributed by atoms with van der Waals surface area (Å²) in [6.45, 7) is 8.34. The summed E-state index contributed by atoms with van der Waals surface area (Å²) in [6.07, 6.45) is 0.756. The highest BCUT2D eigenvalue weighted by Crippen LogP contribution is 2.38. The van der Waals surface area contributed by atoms with Crippen molar-refractivity contribution >= 4 is 40.6 Å². The summed E-state index contributed by atoms with van der Waals surface area (Å²) in [5, 5.41) is 2.98. The zero-order chi connectivity index (χ0) is 28.9. The number of ether oxygens (including phenoxy) is 2. The van der Waals surface area contributed by atoms with Crippen LogP contribution in [-0.4, -0.2) is 42.9 Å². The van der Waals surface area contributed by atoms with Crippen LogP contribution in [0.2, 0.25) is 0 Å². The van der Waals surface area contributed by atoms with Crippen molar-refractivity contribution in [3.63, 3.8) is 0 Å². The molecule has 2 aromatic carbocycles. The number of anilines is 2. The first-order valence-corrected chi connectivity index (χ1v) is 13.2. The number of nitrogens with two attached hydrogens (primary N) is 2. The summed E-state index contributed by atoms with van der Waals surface area (Å²) in [4.78, 5) is 41.4. The van der Waals surface area contributed by atoms with E-state index in [1.165, 1.54) is 19.1 Å². The maximum atomic E-state index is 14.2. The van der Waals surface area contributed by atoms with E-state index in [0.717, 1.165) is 29.1 Å². The molecule has 0 saturated heterocycles. The second kappa shape index (κ2) is 12.6. The molecule has 0 radical (unpaired) electrons. The highest BCUT2D eigenvalue weighted by molar-refractivity contribution is 7.09. The number of methoxy groups -OCH3 is 2. The number of aryl methyl sites for hydroxylation is 2. The van der Waals surface area contributed by atoms with Gasteiger partial charge in [0.1, 0.15) is 10.9 Å². The number of benzene rings is 2. The Balaban J connectivity index is 2.26. The Hall–Kier alpha value is -4.12. The van der Waals surface area contributed by atoms with Crippen LogP contribution in [0.5, 0.6) is 11.5 Å². The van der Waals surface area contributed by atoms with Crippen LogP contribution >= 0.6 is 11.5 Å². The van der Waals surface area contributed by atoms with E-state index in [1.807, 2.05) is 26.0 Å². The number of carbonyl (C=O) groups excluding carboxylic acids is 3. The third kappa shape index (κ3) is 6.48. The number of nitrogens with zero attached hydrogens (tertiary/aromatic N) is 2. The third-order valence-electron chi connectivity index (χ3n) is 6.24. The van der Waals surface area contributed by atoms with Crippen LogP contribution < -0.4 is 31.2 Å². The zero-order valence-corrected chi connectivity index (χ0v) is 23.8. The van der Waals surface area contributed by atoms with Crippen molar-refractivity contribution in [2.24, 2.45) is 11.7 Å². The summed E-state index contributed by atoms with van der Waals surface area (Å²) >= 11 is 0.761. The van der Waals surface area contributed by atoms with E-state index in [1.54, 1.807) is 24.3 Å². The monoisotopic (exact) mass is 553 g/mol. The predicted molar refractivity (Wildman–Crippen MR) is 153 cm³/mol. The molecule has 208 valence electrons.